The Bertz CT molecular complexity index is 1430. The van der Waals surface area contributed by atoms with Gasteiger partial charge in [-0.2, -0.15) is 5.26 Å². The molecule has 4 rings (SSSR count). The minimum Gasteiger partial charge on any atom is -0.467 e. The van der Waals surface area contributed by atoms with Crippen LogP contribution in [0.25, 0.3) is 0 Å². The van der Waals surface area contributed by atoms with Crippen LogP contribution in [0.15, 0.2) is 66.7 Å². The molecule has 1 saturated heterocycles. The van der Waals surface area contributed by atoms with Gasteiger partial charge in [-0.1, -0.05) is 30.3 Å². The normalized spacial score (nSPS) is 14.2. The maximum atomic E-state index is 13.5. The number of benzene rings is 3. The summed E-state index contributed by atoms with van der Waals surface area (Å²) in [6.07, 6.45) is 1.61. The van der Waals surface area contributed by atoms with Crippen LogP contribution >= 0.6 is 0 Å². The molecule has 1 heterocycles. The number of nitrogens with zero attached hydrogens (tertiary/aromatic N) is 3. The molecule has 3 amide bonds. The number of nitrogens with two attached hydrogens (primary N) is 1. The molecule has 3 aromatic carbocycles. The third kappa shape index (κ3) is 6.29. The Morgan fingerprint density at radius 3 is 2.30 bits per heavy atom. The predicted molar refractivity (Wildman–Crippen MR) is 148 cm³/mol. The van der Waals surface area contributed by atoms with Crippen LogP contribution in [0.4, 0.5) is 14.9 Å². The minimum atomic E-state index is -1.12. The van der Waals surface area contributed by atoms with Crippen molar-refractivity contribution in [3.63, 3.8) is 0 Å². The topological polar surface area (TPSA) is 117 Å². The average Bonchev–Trinajstić information content (AvgIpc) is 2.98. The molecule has 0 spiro atoms. The van der Waals surface area contributed by atoms with Gasteiger partial charge in [0.05, 0.1) is 24.4 Å². The van der Waals surface area contributed by atoms with Gasteiger partial charge in [0.2, 0.25) is 0 Å². The zero-order chi connectivity index (χ0) is 28.8. The van der Waals surface area contributed by atoms with Crippen LogP contribution < -0.4 is 10.6 Å². The molecule has 0 aromatic heterocycles. The largest absolute Gasteiger partial charge is 0.467 e. The number of aryl methyl sites for hydroxylation is 1. The molecule has 1 unspecified atom stereocenters. The lowest BCUT2D eigenvalue weighted by molar-refractivity contribution is -0.142. The highest BCUT2D eigenvalue weighted by Gasteiger charge is 2.33. The van der Waals surface area contributed by atoms with Crippen molar-refractivity contribution in [1.82, 2.24) is 4.90 Å². The fourth-order valence-corrected chi connectivity index (χ4v) is 5.13. The first-order valence-electron chi connectivity index (χ1n) is 13.0. The number of anilines is 1. The zero-order valence-electron chi connectivity index (χ0n) is 22.5. The summed E-state index contributed by atoms with van der Waals surface area (Å²) >= 11 is 0. The van der Waals surface area contributed by atoms with E-state index in [1.54, 1.807) is 30.0 Å². The monoisotopic (exact) mass is 542 g/mol. The van der Waals surface area contributed by atoms with Gasteiger partial charge in [-0.25, -0.2) is 14.0 Å². The van der Waals surface area contributed by atoms with Crippen molar-refractivity contribution in [3.05, 3.63) is 100 Å². The smallest absolute Gasteiger partial charge is 0.329 e. The summed E-state index contributed by atoms with van der Waals surface area (Å²) in [4.78, 5) is 42.0. The molecule has 1 aliphatic rings. The van der Waals surface area contributed by atoms with E-state index in [2.05, 4.69) is 6.07 Å². The predicted octanol–water partition coefficient (Wildman–Crippen LogP) is 4.70. The lowest BCUT2D eigenvalue weighted by Gasteiger charge is -2.33. The van der Waals surface area contributed by atoms with Gasteiger partial charge < -0.3 is 15.4 Å². The van der Waals surface area contributed by atoms with Gasteiger partial charge in [-0.05, 0) is 78.8 Å². The number of likely N-dealkylation sites (tertiary alicyclic amines) is 1. The molecular formula is C31H31FN4O4. The number of methoxy groups -OCH3 is 1. The number of nitriles is 1. The summed E-state index contributed by atoms with van der Waals surface area (Å²) in [5.74, 6) is -1.00. The molecule has 1 aliphatic heterocycles. The molecule has 0 aliphatic carbocycles. The van der Waals surface area contributed by atoms with Gasteiger partial charge in [-0.15, -0.1) is 0 Å². The molecule has 2 N–H and O–H groups in total. The van der Waals surface area contributed by atoms with E-state index < -0.39 is 23.9 Å². The summed E-state index contributed by atoms with van der Waals surface area (Å²) in [5, 5.41) is 9.03. The van der Waals surface area contributed by atoms with E-state index >= 15 is 0 Å². The van der Waals surface area contributed by atoms with Crippen molar-refractivity contribution in [2.75, 3.05) is 25.1 Å². The van der Waals surface area contributed by atoms with Crippen LogP contribution in [0, 0.1) is 24.1 Å². The average molecular weight is 543 g/mol. The van der Waals surface area contributed by atoms with Gasteiger partial charge in [-0.3, -0.25) is 9.69 Å². The fraction of sp³-hybridized carbons (Fsp3) is 0.290. The Morgan fingerprint density at radius 2 is 1.73 bits per heavy atom. The lowest BCUT2D eigenvalue weighted by Crippen LogP contribution is -2.50. The van der Waals surface area contributed by atoms with E-state index in [1.165, 1.54) is 31.4 Å². The first-order chi connectivity index (χ1) is 19.2. The van der Waals surface area contributed by atoms with E-state index in [-0.39, 0.29) is 12.3 Å². The second kappa shape index (κ2) is 12.4. The Labute approximate surface area is 232 Å². The SMILES string of the molecule is COC(=O)C(Cc1ccc(F)cc1)N(C(N)=O)c1cc(C(=O)N2CCC(c3ccc(C#N)cc3)CC2)ccc1C. The van der Waals surface area contributed by atoms with Gasteiger partial charge in [0.15, 0.2) is 0 Å². The maximum absolute atomic E-state index is 13.5. The third-order valence-electron chi connectivity index (χ3n) is 7.37. The van der Waals surface area contributed by atoms with Crippen molar-refractivity contribution in [2.45, 2.75) is 38.1 Å². The van der Waals surface area contributed by atoms with Crippen LogP contribution in [0.1, 0.15) is 51.4 Å². The Hall–Kier alpha value is -4.71. The van der Waals surface area contributed by atoms with Crippen LogP contribution in [-0.2, 0) is 16.0 Å². The Balaban J connectivity index is 1.55. The number of halogens is 1. The van der Waals surface area contributed by atoms with Crippen molar-refractivity contribution in [1.29, 1.82) is 5.26 Å². The number of hydrogen-bond donors (Lipinski definition) is 1. The molecule has 0 saturated carbocycles. The zero-order valence-corrected chi connectivity index (χ0v) is 22.5. The molecular weight excluding hydrogens is 511 g/mol. The van der Waals surface area contributed by atoms with Gasteiger partial charge in [0.1, 0.15) is 11.9 Å². The van der Waals surface area contributed by atoms with E-state index in [4.69, 9.17) is 15.7 Å². The van der Waals surface area contributed by atoms with E-state index in [0.717, 1.165) is 23.3 Å². The summed E-state index contributed by atoms with van der Waals surface area (Å²) in [7, 11) is 1.22. The molecule has 0 bridgehead atoms. The summed E-state index contributed by atoms with van der Waals surface area (Å²) in [6, 6.07) is 18.3. The molecule has 40 heavy (non-hydrogen) atoms. The van der Waals surface area contributed by atoms with Crippen molar-refractivity contribution in [3.8, 4) is 6.07 Å². The second-order valence-electron chi connectivity index (χ2n) is 9.88. The lowest BCUT2D eigenvalue weighted by atomic mass is 9.89. The molecule has 0 radical (unpaired) electrons. The van der Waals surface area contributed by atoms with Gasteiger partial charge >= 0.3 is 12.0 Å². The fourth-order valence-electron chi connectivity index (χ4n) is 5.13. The molecule has 3 aromatic rings. The summed E-state index contributed by atoms with van der Waals surface area (Å²) < 4.78 is 18.4. The Kier molecular flexibility index (Phi) is 8.80. The highest BCUT2D eigenvalue weighted by Crippen LogP contribution is 2.31. The number of ether oxygens (including phenoxy) is 1. The number of carbonyl (C=O) groups excluding carboxylic acids is 3. The minimum absolute atomic E-state index is 0.0381. The van der Waals surface area contributed by atoms with Crippen LogP contribution in [0.5, 0.6) is 0 Å². The number of rotatable bonds is 7. The van der Waals surface area contributed by atoms with Crippen molar-refractivity contribution in [2.24, 2.45) is 5.73 Å². The number of amides is 3. The summed E-state index contributed by atoms with van der Waals surface area (Å²) in [5.41, 5.74) is 9.48. The van der Waals surface area contributed by atoms with Crippen molar-refractivity contribution >= 4 is 23.6 Å². The second-order valence-corrected chi connectivity index (χ2v) is 9.88. The quantitative estimate of drug-likeness (QED) is 0.435. The van der Waals surface area contributed by atoms with Crippen LogP contribution in [0.2, 0.25) is 0 Å². The molecule has 8 nitrogen and oxygen atoms in total. The van der Waals surface area contributed by atoms with E-state index in [1.807, 2.05) is 24.3 Å². The number of primary amides is 1. The highest BCUT2D eigenvalue weighted by atomic mass is 19.1. The molecule has 206 valence electrons. The third-order valence-corrected chi connectivity index (χ3v) is 7.37. The number of carbonyl (C=O) groups is 3. The first-order valence-corrected chi connectivity index (χ1v) is 13.0. The van der Waals surface area contributed by atoms with E-state index in [9.17, 15) is 18.8 Å². The number of urea groups is 1. The standard InChI is InChI=1S/C31H31FN4O4/c1-20-3-8-25(29(37)35-15-13-24(14-16-35)23-9-4-22(19-33)5-10-23)18-27(20)36(31(34)39)28(30(38)40-2)17-21-6-11-26(32)12-7-21/h3-12,18,24,28H,13-17H2,1-2H3,(H2,34,39). The molecule has 1 fully saturated rings. The van der Waals surface area contributed by atoms with Gasteiger partial charge in [0, 0.05) is 25.1 Å². The molecule has 1 atom stereocenters. The maximum Gasteiger partial charge on any atom is 0.329 e. The number of hydrogen-bond acceptors (Lipinski definition) is 5. The Morgan fingerprint density at radius 1 is 1.07 bits per heavy atom. The van der Waals surface area contributed by atoms with Gasteiger partial charge in [0.25, 0.3) is 5.91 Å². The van der Waals surface area contributed by atoms with E-state index in [0.29, 0.717) is 46.9 Å². The van der Waals surface area contributed by atoms with Crippen LogP contribution in [0.3, 0.4) is 0 Å². The molecule has 9 heteroatoms. The van der Waals surface area contributed by atoms with Crippen LogP contribution in [-0.4, -0.2) is 49.0 Å². The number of esters is 1. The first kappa shape index (κ1) is 28.3. The summed E-state index contributed by atoms with van der Waals surface area (Å²) in [6.45, 7) is 2.87. The highest BCUT2D eigenvalue weighted by molar-refractivity contribution is 6.01. The number of piperidine rings is 1. The van der Waals surface area contributed by atoms with Crippen molar-refractivity contribution < 1.29 is 23.5 Å².